The summed E-state index contributed by atoms with van der Waals surface area (Å²) in [6.45, 7) is 1.48. The predicted molar refractivity (Wildman–Crippen MR) is 42.0 cm³/mol. The van der Waals surface area contributed by atoms with Gasteiger partial charge in [0.15, 0.2) is 0 Å². The summed E-state index contributed by atoms with van der Waals surface area (Å²) in [6.07, 6.45) is -0.858. The van der Waals surface area contributed by atoms with E-state index in [1.807, 2.05) is 0 Å². The number of halogens is 2. The summed E-state index contributed by atoms with van der Waals surface area (Å²) in [5.41, 5.74) is 0.161. The van der Waals surface area contributed by atoms with Crippen LogP contribution in [0, 0.1) is 5.82 Å². The average Bonchev–Trinajstić information content (AvgIpc) is 1.85. The molecule has 1 nitrogen and oxygen atoms in total. The number of hydrogen-bond donors (Lipinski definition) is 1. The van der Waals surface area contributed by atoms with Crippen molar-refractivity contribution in [2.75, 3.05) is 0 Å². The third-order valence-electron chi connectivity index (χ3n) is 1.42. The molecule has 3 heteroatoms. The second-order valence-corrected chi connectivity index (χ2v) is 2.72. The van der Waals surface area contributed by atoms with E-state index in [0.29, 0.717) is 0 Å². The van der Waals surface area contributed by atoms with Crippen LogP contribution in [0.4, 0.5) is 4.39 Å². The van der Waals surface area contributed by atoms with E-state index >= 15 is 0 Å². The maximum atomic E-state index is 12.9. The molecule has 0 aliphatic carbocycles. The zero-order valence-electron chi connectivity index (χ0n) is 6.01. The van der Waals surface area contributed by atoms with E-state index in [1.54, 1.807) is 6.07 Å². The first kappa shape index (κ1) is 8.50. The van der Waals surface area contributed by atoms with Gasteiger partial charge in [0.25, 0.3) is 0 Å². The molecular weight excluding hydrogens is 167 g/mol. The van der Waals surface area contributed by atoms with Gasteiger partial charge in [-0.15, -0.1) is 0 Å². The Bertz CT molecular complexity index is 240. The third-order valence-corrected chi connectivity index (χ3v) is 1.75. The number of aliphatic hydroxyl groups excluding tert-OH is 1. The molecule has 1 atom stereocenters. The minimum absolute atomic E-state index is 0.161. The summed E-state index contributed by atoms with van der Waals surface area (Å²) >= 11 is 5.62. The van der Waals surface area contributed by atoms with Crippen LogP contribution in [0.15, 0.2) is 18.2 Å². The van der Waals surface area contributed by atoms with Crippen molar-refractivity contribution in [3.8, 4) is 0 Å². The first-order valence-electron chi connectivity index (χ1n) is 3.25. The lowest BCUT2D eigenvalue weighted by atomic mass is 10.1. The van der Waals surface area contributed by atoms with Crippen molar-refractivity contribution in [2.45, 2.75) is 13.0 Å². The Morgan fingerprint density at radius 1 is 1.55 bits per heavy atom. The molecule has 0 saturated carbocycles. The molecule has 0 fully saturated rings. The van der Waals surface area contributed by atoms with Gasteiger partial charge in [-0.1, -0.05) is 17.7 Å². The fourth-order valence-corrected chi connectivity index (χ4v) is 1.23. The smallest absolute Gasteiger partial charge is 0.130 e. The van der Waals surface area contributed by atoms with Crippen molar-refractivity contribution in [3.05, 3.63) is 34.6 Å². The van der Waals surface area contributed by atoms with Crippen LogP contribution in [-0.4, -0.2) is 5.11 Å². The van der Waals surface area contributed by atoms with E-state index in [9.17, 15) is 4.39 Å². The Morgan fingerprint density at radius 3 is 2.55 bits per heavy atom. The van der Waals surface area contributed by atoms with Gasteiger partial charge in [-0.25, -0.2) is 4.39 Å². The maximum Gasteiger partial charge on any atom is 0.130 e. The summed E-state index contributed by atoms with van der Waals surface area (Å²) in [6, 6.07) is 4.32. The molecule has 60 valence electrons. The van der Waals surface area contributed by atoms with E-state index in [4.69, 9.17) is 16.7 Å². The minimum atomic E-state index is -0.858. The Kier molecular flexibility index (Phi) is 2.47. The normalized spacial score (nSPS) is 13.1. The Balaban J connectivity index is 3.21. The van der Waals surface area contributed by atoms with Gasteiger partial charge in [-0.3, -0.25) is 0 Å². The van der Waals surface area contributed by atoms with Crippen molar-refractivity contribution < 1.29 is 9.50 Å². The fourth-order valence-electron chi connectivity index (χ4n) is 0.910. The molecule has 0 aliphatic heterocycles. The van der Waals surface area contributed by atoms with Gasteiger partial charge in [0.05, 0.1) is 6.10 Å². The molecule has 11 heavy (non-hydrogen) atoms. The Labute approximate surface area is 69.4 Å². The summed E-state index contributed by atoms with van der Waals surface area (Å²) in [4.78, 5) is 0. The monoisotopic (exact) mass is 174 g/mol. The van der Waals surface area contributed by atoms with E-state index in [1.165, 1.54) is 19.1 Å². The summed E-state index contributed by atoms with van der Waals surface area (Å²) in [5, 5.41) is 9.32. The van der Waals surface area contributed by atoms with E-state index < -0.39 is 11.9 Å². The van der Waals surface area contributed by atoms with Crippen molar-refractivity contribution in [2.24, 2.45) is 0 Å². The molecule has 1 aromatic carbocycles. The average molecular weight is 175 g/mol. The minimum Gasteiger partial charge on any atom is -0.389 e. The predicted octanol–water partition coefficient (Wildman–Crippen LogP) is 2.53. The van der Waals surface area contributed by atoms with Crippen molar-refractivity contribution >= 4 is 11.6 Å². The highest BCUT2D eigenvalue weighted by Gasteiger charge is 2.10. The number of rotatable bonds is 1. The van der Waals surface area contributed by atoms with Gasteiger partial charge < -0.3 is 5.11 Å². The molecule has 0 amide bonds. The van der Waals surface area contributed by atoms with Gasteiger partial charge in [0.1, 0.15) is 5.82 Å². The zero-order valence-corrected chi connectivity index (χ0v) is 6.77. The van der Waals surface area contributed by atoms with Crippen molar-refractivity contribution in [1.29, 1.82) is 0 Å². The highest BCUT2D eigenvalue weighted by Crippen LogP contribution is 2.24. The van der Waals surface area contributed by atoms with Crippen LogP contribution < -0.4 is 0 Å². The van der Waals surface area contributed by atoms with Crippen LogP contribution in [0.2, 0.25) is 5.02 Å². The quantitative estimate of drug-likeness (QED) is 0.694. The standard InChI is InChI=1S/C8H8ClFO/c1-5(11)8-6(9)3-2-4-7(8)10/h2-5,11H,1H3/t5-/m0/s1. The van der Waals surface area contributed by atoms with Gasteiger partial charge >= 0.3 is 0 Å². The van der Waals surface area contributed by atoms with Crippen LogP contribution >= 0.6 is 11.6 Å². The zero-order chi connectivity index (χ0) is 8.43. The fraction of sp³-hybridized carbons (Fsp3) is 0.250. The number of hydrogen-bond acceptors (Lipinski definition) is 1. The van der Waals surface area contributed by atoms with E-state index in [2.05, 4.69) is 0 Å². The molecular formula is C8H8ClFO. The highest BCUT2D eigenvalue weighted by atomic mass is 35.5. The van der Waals surface area contributed by atoms with Gasteiger partial charge in [0.2, 0.25) is 0 Å². The Hall–Kier alpha value is -0.600. The first-order valence-corrected chi connectivity index (χ1v) is 3.62. The van der Waals surface area contributed by atoms with Crippen molar-refractivity contribution in [1.82, 2.24) is 0 Å². The van der Waals surface area contributed by atoms with Crippen LogP contribution in [0.5, 0.6) is 0 Å². The summed E-state index contributed by atoms with van der Waals surface area (Å²) in [7, 11) is 0. The second kappa shape index (κ2) is 3.20. The molecule has 0 aromatic heterocycles. The van der Waals surface area contributed by atoms with Crippen LogP contribution in [0.3, 0.4) is 0 Å². The van der Waals surface area contributed by atoms with Gasteiger partial charge in [-0.05, 0) is 19.1 Å². The first-order chi connectivity index (χ1) is 5.13. The van der Waals surface area contributed by atoms with Crippen LogP contribution in [0.1, 0.15) is 18.6 Å². The molecule has 0 heterocycles. The van der Waals surface area contributed by atoms with Crippen LogP contribution in [0.25, 0.3) is 0 Å². The van der Waals surface area contributed by atoms with Crippen LogP contribution in [-0.2, 0) is 0 Å². The lowest BCUT2D eigenvalue weighted by molar-refractivity contribution is 0.194. The molecule has 1 rings (SSSR count). The van der Waals surface area contributed by atoms with E-state index in [-0.39, 0.29) is 10.6 Å². The lowest BCUT2D eigenvalue weighted by Crippen LogP contribution is -1.96. The number of benzene rings is 1. The summed E-state index contributed by atoms with van der Waals surface area (Å²) in [5.74, 6) is -0.465. The lowest BCUT2D eigenvalue weighted by Gasteiger charge is -2.07. The molecule has 0 unspecified atom stereocenters. The molecule has 0 spiro atoms. The van der Waals surface area contributed by atoms with Gasteiger partial charge in [0, 0.05) is 10.6 Å². The number of aliphatic hydroxyl groups is 1. The second-order valence-electron chi connectivity index (χ2n) is 2.31. The SMILES string of the molecule is C[C@H](O)c1c(F)cccc1Cl. The molecule has 0 aliphatic rings. The molecule has 0 radical (unpaired) electrons. The van der Waals surface area contributed by atoms with Gasteiger partial charge in [-0.2, -0.15) is 0 Å². The summed E-state index contributed by atoms with van der Waals surface area (Å²) < 4.78 is 12.9. The topological polar surface area (TPSA) is 20.2 Å². The third kappa shape index (κ3) is 1.70. The van der Waals surface area contributed by atoms with E-state index in [0.717, 1.165) is 0 Å². The maximum absolute atomic E-state index is 12.9. The Morgan fingerprint density at radius 2 is 2.18 bits per heavy atom. The largest absolute Gasteiger partial charge is 0.389 e. The molecule has 0 bridgehead atoms. The molecule has 0 saturated heterocycles. The van der Waals surface area contributed by atoms with Crippen molar-refractivity contribution in [3.63, 3.8) is 0 Å². The molecule has 1 N–H and O–H groups in total. The highest BCUT2D eigenvalue weighted by molar-refractivity contribution is 6.31. The molecule has 1 aromatic rings.